The van der Waals surface area contributed by atoms with Crippen molar-refractivity contribution in [3.8, 4) is 5.75 Å². The highest BCUT2D eigenvalue weighted by atomic mass is 35.5. The maximum Gasteiger partial charge on any atom is 0.335 e. The van der Waals surface area contributed by atoms with Crippen LogP contribution < -0.4 is 10.1 Å². The first-order valence-corrected chi connectivity index (χ1v) is 11.0. The molecule has 0 fully saturated rings. The lowest BCUT2D eigenvalue weighted by Gasteiger charge is -2.06. The number of aromatic nitrogens is 2. The van der Waals surface area contributed by atoms with Crippen molar-refractivity contribution in [3.05, 3.63) is 61.5 Å². The predicted octanol–water partition coefficient (Wildman–Crippen LogP) is 5.83. The minimum atomic E-state index is -1.08. The van der Waals surface area contributed by atoms with E-state index in [9.17, 15) is 14.7 Å². The molecule has 0 aliphatic rings. The lowest BCUT2D eigenvalue weighted by atomic mass is 10.2. The van der Waals surface area contributed by atoms with E-state index < -0.39 is 11.9 Å². The first-order chi connectivity index (χ1) is 14.3. The Labute approximate surface area is 188 Å². The van der Waals surface area contributed by atoms with Crippen LogP contribution in [0, 0.1) is 6.92 Å². The maximum atomic E-state index is 12.6. The van der Waals surface area contributed by atoms with Gasteiger partial charge >= 0.3 is 5.97 Å². The number of carboxylic acids is 1. The van der Waals surface area contributed by atoms with Crippen LogP contribution in [0.4, 0.5) is 5.13 Å². The third-order valence-electron chi connectivity index (χ3n) is 4.16. The van der Waals surface area contributed by atoms with Gasteiger partial charge in [-0.05, 0) is 30.5 Å². The van der Waals surface area contributed by atoms with Crippen LogP contribution >= 0.6 is 45.9 Å². The van der Waals surface area contributed by atoms with Gasteiger partial charge in [0, 0.05) is 10.6 Å². The summed E-state index contributed by atoms with van der Waals surface area (Å²) in [5.74, 6) is -1.26. The second-order valence-corrected chi connectivity index (χ2v) is 9.04. The van der Waals surface area contributed by atoms with Crippen molar-refractivity contribution in [3.63, 3.8) is 0 Å². The molecule has 7 nitrogen and oxygen atoms in total. The zero-order valence-corrected chi connectivity index (χ0v) is 18.4. The van der Waals surface area contributed by atoms with Crippen molar-refractivity contribution < 1.29 is 19.4 Å². The molecule has 0 atom stereocenters. The molecule has 4 rings (SSSR count). The number of nitrogens with zero attached hydrogens (tertiary/aromatic N) is 1. The second-order valence-electron chi connectivity index (χ2n) is 6.22. The van der Waals surface area contributed by atoms with Crippen molar-refractivity contribution in [2.24, 2.45) is 0 Å². The van der Waals surface area contributed by atoms with E-state index in [0.717, 1.165) is 16.2 Å². The molecule has 1 aromatic carbocycles. The molecule has 0 aliphatic carbocycles. The van der Waals surface area contributed by atoms with E-state index in [4.69, 9.17) is 27.9 Å². The minimum Gasteiger partial charge on any atom is -0.486 e. The van der Waals surface area contributed by atoms with Crippen LogP contribution in [0.15, 0.2) is 29.6 Å². The molecule has 3 N–H and O–H groups in total. The number of amides is 1. The molecule has 30 heavy (non-hydrogen) atoms. The molecule has 3 heterocycles. The van der Waals surface area contributed by atoms with Crippen LogP contribution in [-0.4, -0.2) is 27.0 Å². The Morgan fingerprint density at radius 3 is 2.73 bits per heavy atom. The molecule has 0 bridgehead atoms. The molecule has 0 spiro atoms. The number of H-pyrrole nitrogens is 1. The van der Waals surface area contributed by atoms with E-state index in [1.807, 2.05) is 17.5 Å². The van der Waals surface area contributed by atoms with Gasteiger partial charge < -0.3 is 14.8 Å². The predicted molar refractivity (Wildman–Crippen MR) is 119 cm³/mol. The van der Waals surface area contributed by atoms with Crippen LogP contribution in [0.1, 0.15) is 31.4 Å². The number of halogens is 2. The number of hydrogen-bond donors (Lipinski definition) is 3. The zero-order valence-electron chi connectivity index (χ0n) is 15.3. The van der Waals surface area contributed by atoms with E-state index in [2.05, 4.69) is 15.3 Å². The van der Waals surface area contributed by atoms with Gasteiger partial charge in [-0.2, -0.15) is 0 Å². The molecule has 154 valence electrons. The highest BCUT2D eigenvalue weighted by molar-refractivity contribution is 7.22. The standard InChI is InChI=1S/C19H13Cl2N3O4S2/c1-8-13(20)14(21)16(22-8)17(25)24-19-23-15-11(28-7-10-3-2-4-29-10)5-9(18(26)27)6-12(15)30-19/h2-6,22H,7H2,1H3,(H,26,27)(H,23,24,25). The summed E-state index contributed by atoms with van der Waals surface area (Å²) < 4.78 is 6.40. The Hall–Kier alpha value is -2.59. The first kappa shape index (κ1) is 20.7. The highest BCUT2D eigenvalue weighted by Gasteiger charge is 2.21. The zero-order chi connectivity index (χ0) is 21.4. The number of anilines is 1. The fourth-order valence-corrected chi connectivity index (χ4v) is 4.67. The molecule has 0 saturated carbocycles. The minimum absolute atomic E-state index is 0.0695. The fourth-order valence-electron chi connectivity index (χ4n) is 2.72. The lowest BCUT2D eigenvalue weighted by Crippen LogP contribution is -2.12. The number of carboxylic acid groups (broad SMARTS) is 1. The van der Waals surface area contributed by atoms with E-state index in [1.165, 1.54) is 23.5 Å². The van der Waals surface area contributed by atoms with Gasteiger partial charge in [-0.3, -0.25) is 10.1 Å². The largest absolute Gasteiger partial charge is 0.486 e. The average molecular weight is 482 g/mol. The van der Waals surface area contributed by atoms with Gasteiger partial charge in [0.1, 0.15) is 23.6 Å². The van der Waals surface area contributed by atoms with Crippen LogP contribution in [0.5, 0.6) is 5.75 Å². The van der Waals surface area contributed by atoms with E-state index in [-0.39, 0.29) is 33.0 Å². The molecule has 3 aromatic heterocycles. The van der Waals surface area contributed by atoms with Crippen molar-refractivity contribution in [1.82, 2.24) is 9.97 Å². The molecule has 0 saturated heterocycles. The molecular weight excluding hydrogens is 469 g/mol. The van der Waals surface area contributed by atoms with E-state index in [0.29, 0.717) is 21.7 Å². The Kier molecular flexibility index (Phi) is 5.70. The number of thiazole rings is 1. The molecular formula is C19H13Cl2N3O4S2. The Balaban J connectivity index is 1.66. The lowest BCUT2D eigenvalue weighted by molar-refractivity contribution is 0.0696. The van der Waals surface area contributed by atoms with Crippen LogP contribution in [0.25, 0.3) is 10.2 Å². The Bertz CT molecular complexity index is 1260. The van der Waals surface area contributed by atoms with Crippen molar-refractivity contribution >= 4 is 73.1 Å². The summed E-state index contributed by atoms with van der Waals surface area (Å²) in [5.41, 5.74) is 1.23. The smallest absolute Gasteiger partial charge is 0.335 e. The quantitative estimate of drug-likeness (QED) is 0.321. The van der Waals surface area contributed by atoms with Crippen LogP contribution in [0.2, 0.25) is 10.0 Å². The van der Waals surface area contributed by atoms with Gasteiger partial charge in [0.25, 0.3) is 5.91 Å². The summed E-state index contributed by atoms with van der Waals surface area (Å²) in [6.07, 6.45) is 0. The number of nitrogens with one attached hydrogen (secondary N) is 2. The summed E-state index contributed by atoms with van der Waals surface area (Å²) in [5, 5.41) is 14.7. The number of rotatable bonds is 6. The molecule has 4 aromatic rings. The summed E-state index contributed by atoms with van der Waals surface area (Å²) in [4.78, 5) is 32.3. The maximum absolute atomic E-state index is 12.6. The Morgan fingerprint density at radius 2 is 2.10 bits per heavy atom. The number of fused-ring (bicyclic) bond motifs is 1. The van der Waals surface area contributed by atoms with Gasteiger partial charge in [-0.15, -0.1) is 11.3 Å². The number of thiophene rings is 1. The summed E-state index contributed by atoms with van der Waals surface area (Å²) >= 11 is 14.8. The first-order valence-electron chi connectivity index (χ1n) is 8.51. The molecule has 1 amide bonds. The highest BCUT2D eigenvalue weighted by Crippen LogP contribution is 2.35. The van der Waals surface area contributed by atoms with Crippen molar-refractivity contribution in [2.75, 3.05) is 5.32 Å². The molecule has 0 aliphatic heterocycles. The SMILES string of the molecule is Cc1[nH]c(C(=O)Nc2nc3c(OCc4cccs4)cc(C(=O)O)cc3s2)c(Cl)c1Cl. The average Bonchev–Trinajstić information content (AvgIpc) is 3.42. The summed E-state index contributed by atoms with van der Waals surface area (Å²) in [6.45, 7) is 1.98. The summed E-state index contributed by atoms with van der Waals surface area (Å²) in [7, 11) is 0. The number of aromatic carboxylic acids is 1. The number of carbonyl (C=O) groups excluding carboxylic acids is 1. The molecule has 0 radical (unpaired) electrons. The summed E-state index contributed by atoms with van der Waals surface area (Å²) in [6, 6.07) is 6.74. The normalized spacial score (nSPS) is 11.0. The van der Waals surface area contributed by atoms with E-state index >= 15 is 0 Å². The number of aromatic amines is 1. The fraction of sp³-hybridized carbons (Fsp3) is 0.105. The number of ether oxygens (including phenoxy) is 1. The third-order valence-corrected chi connectivity index (χ3v) is 6.87. The number of aryl methyl sites for hydroxylation is 1. The number of benzene rings is 1. The molecule has 0 unspecified atom stereocenters. The van der Waals surface area contributed by atoms with Gasteiger partial charge in [0.15, 0.2) is 5.13 Å². The van der Waals surface area contributed by atoms with Crippen molar-refractivity contribution in [1.29, 1.82) is 0 Å². The van der Waals surface area contributed by atoms with Crippen LogP contribution in [0.3, 0.4) is 0 Å². The van der Waals surface area contributed by atoms with Gasteiger partial charge in [0.05, 0.1) is 20.3 Å². The Morgan fingerprint density at radius 1 is 1.30 bits per heavy atom. The van der Waals surface area contributed by atoms with Gasteiger partial charge in [0.2, 0.25) is 0 Å². The van der Waals surface area contributed by atoms with Crippen molar-refractivity contribution in [2.45, 2.75) is 13.5 Å². The van der Waals surface area contributed by atoms with Gasteiger partial charge in [-0.25, -0.2) is 9.78 Å². The van der Waals surface area contributed by atoms with Crippen LogP contribution in [-0.2, 0) is 6.61 Å². The number of carbonyl (C=O) groups is 2. The van der Waals surface area contributed by atoms with Gasteiger partial charge in [-0.1, -0.05) is 40.6 Å². The second kappa shape index (κ2) is 8.27. The topological polar surface area (TPSA) is 104 Å². The third kappa shape index (κ3) is 4.01. The number of hydrogen-bond acceptors (Lipinski definition) is 6. The molecule has 11 heteroatoms. The van der Waals surface area contributed by atoms with E-state index in [1.54, 1.807) is 6.92 Å². The monoisotopic (exact) mass is 481 g/mol.